The molecule has 0 bridgehead atoms. The summed E-state index contributed by atoms with van der Waals surface area (Å²) in [6, 6.07) is 12.2. The first-order valence-electron chi connectivity index (χ1n) is 6.07. The van der Waals surface area contributed by atoms with Gasteiger partial charge in [-0.3, -0.25) is 0 Å². The van der Waals surface area contributed by atoms with Crippen LogP contribution in [0.3, 0.4) is 0 Å². The van der Waals surface area contributed by atoms with E-state index in [0.29, 0.717) is 10.0 Å². The fraction of sp³-hybridized carbons (Fsp3) is 0.200. The fourth-order valence-electron chi connectivity index (χ4n) is 2.07. The van der Waals surface area contributed by atoms with Crippen LogP contribution in [0.5, 0.6) is 0 Å². The summed E-state index contributed by atoms with van der Waals surface area (Å²) < 4.78 is 2.10. The summed E-state index contributed by atoms with van der Waals surface area (Å²) in [5.74, 6) is 0. The van der Waals surface area contributed by atoms with E-state index >= 15 is 0 Å². The van der Waals surface area contributed by atoms with E-state index in [-0.39, 0.29) is 6.04 Å². The van der Waals surface area contributed by atoms with Crippen molar-refractivity contribution in [3.8, 4) is 0 Å². The quantitative estimate of drug-likeness (QED) is 0.616. The molecule has 2 rings (SSSR count). The Hall–Kier alpha value is -0.0600. The summed E-state index contributed by atoms with van der Waals surface area (Å²) in [6.45, 7) is 0. The van der Waals surface area contributed by atoms with Gasteiger partial charge < -0.3 is 5.32 Å². The van der Waals surface area contributed by atoms with Crippen LogP contribution in [-0.4, -0.2) is 7.05 Å². The lowest BCUT2D eigenvalue weighted by atomic mass is 9.99. The Kier molecular flexibility index (Phi) is 5.94. The van der Waals surface area contributed by atoms with Crippen LogP contribution in [0.15, 0.2) is 45.3 Å². The average Bonchev–Trinajstić information content (AvgIpc) is 2.38. The molecule has 1 unspecified atom stereocenters. The standard InChI is InChI=1S/C15H13Br2Cl2N/c1-20-15(10-6-11(16)8-12(17)7-10)5-9-2-3-13(18)14(19)4-9/h2-4,6-8,15,20H,5H2,1H3. The molecule has 0 aromatic heterocycles. The molecule has 1 N–H and O–H groups in total. The van der Waals surface area contributed by atoms with Gasteiger partial charge in [0.05, 0.1) is 10.0 Å². The third-order valence-corrected chi connectivity index (χ3v) is 4.71. The normalized spacial score (nSPS) is 12.4. The van der Waals surface area contributed by atoms with E-state index in [1.54, 1.807) is 0 Å². The molecule has 0 aliphatic rings. The second-order valence-electron chi connectivity index (χ2n) is 4.50. The maximum atomic E-state index is 6.07. The smallest absolute Gasteiger partial charge is 0.0595 e. The van der Waals surface area contributed by atoms with Crippen molar-refractivity contribution in [1.82, 2.24) is 5.32 Å². The molecule has 1 nitrogen and oxygen atoms in total. The molecule has 5 heteroatoms. The van der Waals surface area contributed by atoms with Crippen LogP contribution in [0.1, 0.15) is 17.2 Å². The molecule has 0 saturated heterocycles. The van der Waals surface area contributed by atoms with Crippen molar-refractivity contribution < 1.29 is 0 Å². The highest BCUT2D eigenvalue weighted by molar-refractivity contribution is 9.11. The monoisotopic (exact) mass is 435 g/mol. The van der Waals surface area contributed by atoms with E-state index in [4.69, 9.17) is 23.2 Å². The second kappa shape index (κ2) is 7.28. The number of rotatable bonds is 4. The van der Waals surface area contributed by atoms with Gasteiger partial charge >= 0.3 is 0 Å². The Labute approximate surface area is 145 Å². The molecule has 106 valence electrons. The van der Waals surface area contributed by atoms with Crippen LogP contribution in [-0.2, 0) is 6.42 Å². The average molecular weight is 438 g/mol. The summed E-state index contributed by atoms with van der Waals surface area (Å²) in [6.07, 6.45) is 0.844. The van der Waals surface area contributed by atoms with Gasteiger partial charge in [-0.25, -0.2) is 0 Å². The molecular weight excluding hydrogens is 425 g/mol. The molecule has 0 spiro atoms. The minimum atomic E-state index is 0.209. The van der Waals surface area contributed by atoms with Crippen molar-refractivity contribution in [3.63, 3.8) is 0 Å². The van der Waals surface area contributed by atoms with Crippen LogP contribution in [0.2, 0.25) is 10.0 Å². The van der Waals surface area contributed by atoms with Crippen LogP contribution < -0.4 is 5.32 Å². The molecule has 0 radical (unpaired) electrons. The molecule has 0 aliphatic carbocycles. The lowest BCUT2D eigenvalue weighted by Gasteiger charge is -2.18. The first kappa shape index (κ1) is 16.3. The minimum Gasteiger partial charge on any atom is -0.313 e. The van der Waals surface area contributed by atoms with Crippen molar-refractivity contribution in [1.29, 1.82) is 0 Å². The van der Waals surface area contributed by atoms with Gasteiger partial charge in [-0.15, -0.1) is 0 Å². The van der Waals surface area contributed by atoms with E-state index in [1.807, 2.05) is 31.3 Å². The summed E-state index contributed by atoms with van der Waals surface area (Å²) in [7, 11) is 1.96. The maximum absolute atomic E-state index is 6.07. The van der Waals surface area contributed by atoms with Crippen LogP contribution in [0.25, 0.3) is 0 Å². The Morgan fingerprint density at radius 3 is 2.20 bits per heavy atom. The molecule has 0 heterocycles. The van der Waals surface area contributed by atoms with Crippen LogP contribution in [0, 0.1) is 0 Å². The lowest BCUT2D eigenvalue weighted by molar-refractivity contribution is 0.591. The SMILES string of the molecule is CNC(Cc1ccc(Cl)c(Cl)c1)c1cc(Br)cc(Br)c1. The molecule has 2 aromatic rings. The summed E-state index contributed by atoms with van der Waals surface area (Å²) in [5, 5.41) is 4.51. The van der Waals surface area contributed by atoms with Gasteiger partial charge in [0, 0.05) is 15.0 Å². The summed E-state index contributed by atoms with van der Waals surface area (Å²) in [5.41, 5.74) is 2.36. The van der Waals surface area contributed by atoms with Gasteiger partial charge in [0.2, 0.25) is 0 Å². The van der Waals surface area contributed by atoms with E-state index in [2.05, 4.69) is 49.3 Å². The van der Waals surface area contributed by atoms with Crippen molar-refractivity contribution in [2.45, 2.75) is 12.5 Å². The van der Waals surface area contributed by atoms with Crippen LogP contribution in [0.4, 0.5) is 0 Å². The molecule has 20 heavy (non-hydrogen) atoms. The third-order valence-electron chi connectivity index (χ3n) is 3.06. The molecule has 2 aromatic carbocycles. The van der Waals surface area contributed by atoms with Gasteiger partial charge in [0.15, 0.2) is 0 Å². The largest absolute Gasteiger partial charge is 0.313 e. The Morgan fingerprint density at radius 1 is 1.00 bits per heavy atom. The van der Waals surface area contributed by atoms with Gasteiger partial charge in [0.1, 0.15) is 0 Å². The summed E-state index contributed by atoms with van der Waals surface area (Å²) in [4.78, 5) is 0. The second-order valence-corrected chi connectivity index (χ2v) is 7.14. The van der Waals surface area contributed by atoms with Crippen molar-refractivity contribution in [3.05, 3.63) is 66.5 Å². The predicted octanol–water partition coefficient (Wildman–Crippen LogP) is 6.02. The van der Waals surface area contributed by atoms with Crippen LogP contribution >= 0.6 is 55.1 Å². The number of likely N-dealkylation sites (N-methyl/N-ethyl adjacent to an activating group) is 1. The Balaban J connectivity index is 2.26. The lowest BCUT2D eigenvalue weighted by Crippen LogP contribution is -2.18. The van der Waals surface area contributed by atoms with Gasteiger partial charge in [0.25, 0.3) is 0 Å². The molecule has 0 aliphatic heterocycles. The zero-order valence-electron chi connectivity index (χ0n) is 10.8. The highest BCUT2D eigenvalue weighted by Crippen LogP contribution is 2.28. The van der Waals surface area contributed by atoms with Gasteiger partial charge in [-0.05, 0) is 54.9 Å². The van der Waals surface area contributed by atoms with Crippen molar-refractivity contribution in [2.24, 2.45) is 0 Å². The van der Waals surface area contributed by atoms with E-state index in [9.17, 15) is 0 Å². The van der Waals surface area contributed by atoms with E-state index in [0.717, 1.165) is 20.9 Å². The zero-order chi connectivity index (χ0) is 14.7. The number of hydrogen-bond donors (Lipinski definition) is 1. The molecule has 0 fully saturated rings. The number of hydrogen-bond acceptors (Lipinski definition) is 1. The van der Waals surface area contributed by atoms with E-state index < -0.39 is 0 Å². The Bertz CT molecular complexity index is 597. The maximum Gasteiger partial charge on any atom is 0.0595 e. The topological polar surface area (TPSA) is 12.0 Å². The molecule has 0 saturated carbocycles. The fourth-order valence-corrected chi connectivity index (χ4v) is 3.72. The number of halogens is 4. The van der Waals surface area contributed by atoms with Gasteiger partial charge in [-0.1, -0.05) is 61.1 Å². The zero-order valence-corrected chi connectivity index (χ0v) is 15.4. The van der Waals surface area contributed by atoms with Crippen molar-refractivity contribution in [2.75, 3.05) is 7.05 Å². The van der Waals surface area contributed by atoms with Crippen molar-refractivity contribution >= 4 is 55.1 Å². The molecule has 0 amide bonds. The first-order valence-corrected chi connectivity index (χ1v) is 8.41. The molecular formula is C15H13Br2Cl2N. The Morgan fingerprint density at radius 2 is 1.65 bits per heavy atom. The minimum absolute atomic E-state index is 0.209. The van der Waals surface area contributed by atoms with E-state index in [1.165, 1.54) is 5.56 Å². The highest BCUT2D eigenvalue weighted by Gasteiger charge is 2.12. The van der Waals surface area contributed by atoms with Gasteiger partial charge in [-0.2, -0.15) is 0 Å². The first-order chi connectivity index (χ1) is 9.49. The summed E-state index contributed by atoms with van der Waals surface area (Å²) >= 11 is 19.1. The number of benzene rings is 2. The molecule has 1 atom stereocenters. The third kappa shape index (κ3) is 4.22. The highest BCUT2D eigenvalue weighted by atomic mass is 79.9. The number of nitrogens with one attached hydrogen (secondary N) is 1. The predicted molar refractivity (Wildman–Crippen MR) is 93.8 cm³/mol.